The number of aromatic nitrogens is 2. The number of nitrogens with zero attached hydrogens (tertiary/aromatic N) is 2. The number of hydrogen-bond acceptors (Lipinski definition) is 3. The van der Waals surface area contributed by atoms with Gasteiger partial charge < -0.3 is 0 Å². The molecule has 0 saturated carbocycles. The largest absolute Gasteiger partial charge is 0.297 e. The first kappa shape index (κ1) is 10.7. The Morgan fingerprint density at radius 2 is 2.24 bits per heavy atom. The van der Waals surface area contributed by atoms with Crippen molar-refractivity contribution < 1.29 is 4.79 Å². The summed E-state index contributed by atoms with van der Waals surface area (Å²) in [6, 6.07) is 7.76. The fourth-order valence-corrected chi connectivity index (χ4v) is 2.80. The van der Waals surface area contributed by atoms with Gasteiger partial charge in [-0.15, -0.1) is 11.3 Å². The first-order valence-electron chi connectivity index (χ1n) is 4.96. The van der Waals surface area contributed by atoms with Gasteiger partial charge >= 0.3 is 0 Å². The quantitative estimate of drug-likeness (QED) is 0.677. The maximum absolute atomic E-state index is 11.0. The van der Waals surface area contributed by atoms with Crippen LogP contribution >= 0.6 is 27.3 Å². The molecule has 0 saturated heterocycles. The van der Waals surface area contributed by atoms with Crippen molar-refractivity contribution in [3.8, 4) is 10.7 Å². The van der Waals surface area contributed by atoms with Gasteiger partial charge in [0.2, 0.25) is 0 Å². The maximum atomic E-state index is 11.0. The Balaban J connectivity index is 2.38. The summed E-state index contributed by atoms with van der Waals surface area (Å²) in [5, 5.41) is 2.00. The molecular formula is C12H7BrN2OS. The van der Waals surface area contributed by atoms with E-state index in [1.807, 2.05) is 40.2 Å². The Morgan fingerprint density at radius 3 is 2.94 bits per heavy atom. The summed E-state index contributed by atoms with van der Waals surface area (Å²) in [5.74, 6) is 0.804. The highest BCUT2D eigenvalue weighted by molar-refractivity contribution is 9.10. The van der Waals surface area contributed by atoms with Crippen LogP contribution in [0.4, 0.5) is 0 Å². The second-order valence-corrected chi connectivity index (χ2v) is 5.38. The van der Waals surface area contributed by atoms with E-state index < -0.39 is 0 Å². The van der Waals surface area contributed by atoms with Gasteiger partial charge in [0.15, 0.2) is 12.1 Å². The number of carbonyl (C=O) groups is 1. The van der Waals surface area contributed by atoms with Gasteiger partial charge in [0.05, 0.1) is 10.4 Å². The Labute approximate surface area is 110 Å². The smallest absolute Gasteiger partial charge is 0.170 e. The Hall–Kier alpha value is -1.46. The van der Waals surface area contributed by atoms with Crippen LogP contribution in [0.1, 0.15) is 10.5 Å². The van der Waals surface area contributed by atoms with E-state index in [0.29, 0.717) is 5.69 Å². The zero-order chi connectivity index (χ0) is 11.8. The van der Waals surface area contributed by atoms with Crippen molar-refractivity contribution in [2.24, 2.45) is 0 Å². The van der Waals surface area contributed by atoms with Crippen LogP contribution in [0.2, 0.25) is 0 Å². The molecule has 0 aromatic carbocycles. The standard InChI is InChI=1S/C12H7BrN2OS/c13-8-3-4-10-9(7-16)14-12(15(10)6-8)11-2-1-5-17-11/h1-7H. The van der Waals surface area contributed by atoms with E-state index in [1.165, 1.54) is 0 Å². The molecule has 0 N–H and O–H groups in total. The number of thiophene rings is 1. The van der Waals surface area contributed by atoms with Crippen molar-refractivity contribution in [3.63, 3.8) is 0 Å². The summed E-state index contributed by atoms with van der Waals surface area (Å²) in [4.78, 5) is 16.4. The summed E-state index contributed by atoms with van der Waals surface area (Å²) in [7, 11) is 0. The molecule has 0 unspecified atom stereocenters. The minimum atomic E-state index is 0.473. The monoisotopic (exact) mass is 306 g/mol. The number of imidazole rings is 1. The fraction of sp³-hybridized carbons (Fsp3) is 0. The lowest BCUT2D eigenvalue weighted by Gasteiger charge is -1.99. The van der Waals surface area contributed by atoms with Crippen molar-refractivity contribution in [2.75, 3.05) is 0 Å². The molecule has 0 spiro atoms. The molecule has 0 radical (unpaired) electrons. The minimum Gasteiger partial charge on any atom is -0.297 e. The predicted octanol–water partition coefficient (Wildman–Crippen LogP) is 3.64. The summed E-state index contributed by atoms with van der Waals surface area (Å²) in [6.07, 6.45) is 2.71. The molecule has 0 aliphatic carbocycles. The van der Waals surface area contributed by atoms with Crippen LogP contribution in [0.25, 0.3) is 16.2 Å². The van der Waals surface area contributed by atoms with E-state index in [4.69, 9.17) is 0 Å². The molecule has 17 heavy (non-hydrogen) atoms. The average Bonchev–Trinajstić information content (AvgIpc) is 2.94. The molecule has 3 heterocycles. The lowest BCUT2D eigenvalue weighted by atomic mass is 10.3. The lowest BCUT2D eigenvalue weighted by molar-refractivity contribution is 0.112. The highest BCUT2D eigenvalue weighted by Gasteiger charge is 2.12. The van der Waals surface area contributed by atoms with E-state index in [-0.39, 0.29) is 0 Å². The zero-order valence-electron chi connectivity index (χ0n) is 8.63. The Morgan fingerprint density at radius 1 is 1.35 bits per heavy atom. The maximum Gasteiger partial charge on any atom is 0.170 e. The summed E-state index contributed by atoms with van der Waals surface area (Å²) in [6.45, 7) is 0. The summed E-state index contributed by atoms with van der Waals surface area (Å²) >= 11 is 5.03. The molecule has 3 aromatic rings. The molecule has 0 aliphatic heterocycles. The first-order chi connectivity index (χ1) is 8.29. The number of carbonyl (C=O) groups excluding carboxylic acids is 1. The van der Waals surface area contributed by atoms with E-state index >= 15 is 0 Å². The van der Waals surface area contributed by atoms with Gasteiger partial charge in [0, 0.05) is 10.7 Å². The van der Waals surface area contributed by atoms with Crippen LogP contribution in [0.5, 0.6) is 0 Å². The van der Waals surface area contributed by atoms with Gasteiger partial charge in [-0.3, -0.25) is 9.20 Å². The number of aldehydes is 1. The van der Waals surface area contributed by atoms with Gasteiger partial charge in [-0.25, -0.2) is 4.98 Å². The SMILES string of the molecule is O=Cc1nc(-c2cccs2)n2cc(Br)ccc12. The van der Waals surface area contributed by atoms with Crippen molar-refractivity contribution in [1.82, 2.24) is 9.38 Å². The highest BCUT2D eigenvalue weighted by atomic mass is 79.9. The molecule has 0 atom stereocenters. The third kappa shape index (κ3) is 1.71. The number of halogens is 1. The molecule has 84 valence electrons. The minimum absolute atomic E-state index is 0.473. The predicted molar refractivity (Wildman–Crippen MR) is 71.6 cm³/mol. The zero-order valence-corrected chi connectivity index (χ0v) is 11.0. The van der Waals surface area contributed by atoms with Gasteiger partial charge in [-0.05, 0) is 39.5 Å². The normalized spacial score (nSPS) is 10.9. The highest BCUT2D eigenvalue weighted by Crippen LogP contribution is 2.27. The molecule has 3 nitrogen and oxygen atoms in total. The molecule has 3 aromatic heterocycles. The van der Waals surface area contributed by atoms with Crippen LogP contribution in [0.3, 0.4) is 0 Å². The van der Waals surface area contributed by atoms with Gasteiger partial charge in [-0.1, -0.05) is 6.07 Å². The summed E-state index contributed by atoms with van der Waals surface area (Å²) < 4.78 is 2.89. The number of fused-ring (bicyclic) bond motifs is 1. The fourth-order valence-electron chi connectivity index (χ4n) is 1.75. The molecular weight excluding hydrogens is 300 g/mol. The van der Waals surface area contributed by atoms with Crippen molar-refractivity contribution in [3.05, 3.63) is 46.0 Å². The van der Waals surface area contributed by atoms with E-state index in [9.17, 15) is 4.79 Å². The number of rotatable bonds is 2. The number of hydrogen-bond donors (Lipinski definition) is 0. The molecule has 0 fully saturated rings. The average molecular weight is 307 g/mol. The van der Waals surface area contributed by atoms with Crippen molar-refractivity contribution in [2.45, 2.75) is 0 Å². The Kier molecular flexibility index (Phi) is 2.57. The second kappa shape index (κ2) is 4.09. The molecule has 0 amide bonds. The number of pyridine rings is 1. The van der Waals surface area contributed by atoms with E-state index in [0.717, 1.165) is 27.0 Å². The van der Waals surface area contributed by atoms with E-state index in [2.05, 4.69) is 20.9 Å². The molecule has 0 aliphatic rings. The summed E-state index contributed by atoms with van der Waals surface area (Å²) in [5.41, 5.74) is 1.30. The van der Waals surface area contributed by atoms with Crippen LogP contribution in [-0.4, -0.2) is 15.7 Å². The molecule has 5 heteroatoms. The molecule has 3 rings (SSSR count). The van der Waals surface area contributed by atoms with Gasteiger partial charge in [-0.2, -0.15) is 0 Å². The third-order valence-electron chi connectivity index (χ3n) is 2.48. The topological polar surface area (TPSA) is 34.4 Å². The lowest BCUT2D eigenvalue weighted by Crippen LogP contribution is -1.86. The van der Waals surface area contributed by atoms with Crippen molar-refractivity contribution in [1.29, 1.82) is 0 Å². The van der Waals surface area contributed by atoms with Crippen LogP contribution < -0.4 is 0 Å². The van der Waals surface area contributed by atoms with Crippen LogP contribution in [-0.2, 0) is 0 Å². The Bertz CT molecular complexity index is 688. The van der Waals surface area contributed by atoms with Crippen LogP contribution in [0.15, 0.2) is 40.3 Å². The van der Waals surface area contributed by atoms with Crippen LogP contribution in [0, 0.1) is 0 Å². The van der Waals surface area contributed by atoms with E-state index in [1.54, 1.807) is 11.3 Å². The molecule has 0 bridgehead atoms. The first-order valence-corrected chi connectivity index (χ1v) is 6.63. The third-order valence-corrected chi connectivity index (χ3v) is 3.82. The second-order valence-electron chi connectivity index (χ2n) is 3.52. The van der Waals surface area contributed by atoms with Gasteiger partial charge in [0.25, 0.3) is 0 Å². The van der Waals surface area contributed by atoms with Crippen molar-refractivity contribution >= 4 is 39.1 Å². The van der Waals surface area contributed by atoms with Gasteiger partial charge in [0.1, 0.15) is 5.69 Å².